The number of carbonyl (C=O) groups is 2. The lowest BCUT2D eigenvalue weighted by Gasteiger charge is -2.10. The Morgan fingerprint density at radius 1 is 1.00 bits per heavy atom. The highest BCUT2D eigenvalue weighted by atomic mass is 19.1. The van der Waals surface area contributed by atoms with E-state index in [4.69, 9.17) is 9.47 Å². The lowest BCUT2D eigenvalue weighted by molar-refractivity contribution is -0.134. The summed E-state index contributed by atoms with van der Waals surface area (Å²) < 4.78 is 41.9. The van der Waals surface area contributed by atoms with E-state index in [2.05, 4.69) is 4.74 Å². The van der Waals surface area contributed by atoms with E-state index < -0.39 is 29.1 Å². The smallest absolute Gasteiger partial charge is 0.349 e. The van der Waals surface area contributed by atoms with Crippen LogP contribution in [0.25, 0.3) is 6.08 Å². The molecule has 0 aliphatic heterocycles. The van der Waals surface area contributed by atoms with Crippen molar-refractivity contribution in [2.45, 2.75) is 0 Å². The molecular weight excluding hydrogens is 334 g/mol. The minimum Gasteiger partial charge on any atom is -0.493 e. The van der Waals surface area contributed by atoms with E-state index in [-0.39, 0.29) is 11.5 Å². The molecule has 0 amide bonds. The molecule has 2 rings (SSSR count). The fourth-order valence-electron chi connectivity index (χ4n) is 1.95. The standard InChI is InChI=1S/C18H14F2O5/c1-23-15-10-11(7-9-16(21)24-2)6-8-14(15)25-18(22)17-12(19)4-3-5-13(17)20/h3-10H,1-2H3/b9-7+. The third kappa shape index (κ3) is 4.41. The lowest BCUT2D eigenvalue weighted by atomic mass is 10.1. The summed E-state index contributed by atoms with van der Waals surface area (Å²) in [4.78, 5) is 23.1. The Kier molecular flexibility index (Phi) is 5.84. The maximum atomic E-state index is 13.6. The predicted molar refractivity (Wildman–Crippen MR) is 85.4 cm³/mol. The molecule has 0 spiro atoms. The average Bonchev–Trinajstić information content (AvgIpc) is 2.60. The quantitative estimate of drug-likeness (QED) is 0.471. The molecule has 0 radical (unpaired) electrons. The van der Waals surface area contributed by atoms with Gasteiger partial charge in [0.2, 0.25) is 0 Å². The van der Waals surface area contributed by atoms with Gasteiger partial charge in [0.05, 0.1) is 14.2 Å². The Labute approximate surface area is 142 Å². The molecule has 2 aromatic rings. The topological polar surface area (TPSA) is 61.8 Å². The zero-order chi connectivity index (χ0) is 18.4. The van der Waals surface area contributed by atoms with Gasteiger partial charge in [0.15, 0.2) is 11.5 Å². The van der Waals surface area contributed by atoms with E-state index >= 15 is 0 Å². The van der Waals surface area contributed by atoms with Crippen LogP contribution in [-0.2, 0) is 9.53 Å². The number of hydrogen-bond acceptors (Lipinski definition) is 5. The molecule has 0 N–H and O–H groups in total. The lowest BCUT2D eigenvalue weighted by Crippen LogP contribution is -2.13. The maximum Gasteiger partial charge on any atom is 0.349 e. The summed E-state index contributed by atoms with van der Waals surface area (Å²) in [6.07, 6.45) is 2.67. The van der Waals surface area contributed by atoms with Crippen LogP contribution in [0, 0.1) is 11.6 Å². The van der Waals surface area contributed by atoms with Crippen molar-refractivity contribution in [2.24, 2.45) is 0 Å². The Balaban J connectivity index is 2.26. The molecule has 0 aliphatic carbocycles. The van der Waals surface area contributed by atoms with Crippen molar-refractivity contribution in [1.29, 1.82) is 0 Å². The molecule has 2 aromatic carbocycles. The second kappa shape index (κ2) is 8.05. The van der Waals surface area contributed by atoms with Crippen LogP contribution in [0.3, 0.4) is 0 Å². The molecule has 0 fully saturated rings. The molecule has 0 aliphatic rings. The fourth-order valence-corrected chi connectivity index (χ4v) is 1.95. The largest absolute Gasteiger partial charge is 0.493 e. The van der Waals surface area contributed by atoms with Gasteiger partial charge in [-0.15, -0.1) is 0 Å². The van der Waals surface area contributed by atoms with Gasteiger partial charge in [0, 0.05) is 6.08 Å². The van der Waals surface area contributed by atoms with E-state index in [9.17, 15) is 18.4 Å². The zero-order valence-corrected chi connectivity index (χ0v) is 13.4. The number of esters is 2. The van der Waals surface area contributed by atoms with Gasteiger partial charge in [-0.2, -0.15) is 0 Å². The molecule has 0 heterocycles. The summed E-state index contributed by atoms with van der Waals surface area (Å²) in [5, 5.41) is 0. The second-order valence-corrected chi connectivity index (χ2v) is 4.75. The highest BCUT2D eigenvalue weighted by Gasteiger charge is 2.20. The van der Waals surface area contributed by atoms with Gasteiger partial charge < -0.3 is 14.2 Å². The van der Waals surface area contributed by atoms with Crippen molar-refractivity contribution in [1.82, 2.24) is 0 Å². The molecule has 0 atom stereocenters. The van der Waals surface area contributed by atoms with Crippen LogP contribution in [-0.4, -0.2) is 26.2 Å². The highest BCUT2D eigenvalue weighted by molar-refractivity contribution is 5.92. The van der Waals surface area contributed by atoms with E-state index in [1.807, 2.05) is 0 Å². The van der Waals surface area contributed by atoms with E-state index in [1.54, 1.807) is 0 Å². The molecule has 0 saturated heterocycles. The number of methoxy groups -OCH3 is 2. The van der Waals surface area contributed by atoms with Crippen LogP contribution in [0.1, 0.15) is 15.9 Å². The van der Waals surface area contributed by atoms with E-state index in [0.717, 1.165) is 18.2 Å². The first kappa shape index (κ1) is 18.1. The number of benzene rings is 2. The average molecular weight is 348 g/mol. The van der Waals surface area contributed by atoms with Gasteiger partial charge in [-0.3, -0.25) is 0 Å². The molecule has 0 saturated carbocycles. The highest BCUT2D eigenvalue weighted by Crippen LogP contribution is 2.30. The maximum absolute atomic E-state index is 13.6. The first-order chi connectivity index (χ1) is 12.0. The molecular formula is C18H14F2O5. The van der Waals surface area contributed by atoms with Crippen LogP contribution in [0.4, 0.5) is 8.78 Å². The number of halogens is 2. The second-order valence-electron chi connectivity index (χ2n) is 4.75. The molecule has 7 heteroatoms. The molecule has 130 valence electrons. The monoisotopic (exact) mass is 348 g/mol. The van der Waals surface area contributed by atoms with Crippen molar-refractivity contribution >= 4 is 18.0 Å². The van der Waals surface area contributed by atoms with Crippen molar-refractivity contribution in [3.8, 4) is 11.5 Å². The van der Waals surface area contributed by atoms with Crippen LogP contribution in [0.5, 0.6) is 11.5 Å². The van der Waals surface area contributed by atoms with Crippen molar-refractivity contribution in [3.63, 3.8) is 0 Å². The summed E-state index contributed by atoms with van der Waals surface area (Å²) in [6.45, 7) is 0. The molecule has 0 bridgehead atoms. The SMILES string of the molecule is COC(=O)/C=C/c1ccc(OC(=O)c2c(F)cccc2F)c(OC)c1. The van der Waals surface area contributed by atoms with E-state index in [1.165, 1.54) is 44.6 Å². The van der Waals surface area contributed by atoms with Crippen LogP contribution < -0.4 is 9.47 Å². The van der Waals surface area contributed by atoms with Crippen molar-refractivity contribution in [3.05, 3.63) is 65.2 Å². The number of carbonyl (C=O) groups excluding carboxylic acids is 2. The van der Waals surface area contributed by atoms with Gasteiger partial charge in [-0.1, -0.05) is 12.1 Å². The molecule has 5 nitrogen and oxygen atoms in total. The fraction of sp³-hybridized carbons (Fsp3) is 0.111. The summed E-state index contributed by atoms with van der Waals surface area (Å²) >= 11 is 0. The normalized spacial score (nSPS) is 10.6. The van der Waals surface area contributed by atoms with Gasteiger partial charge >= 0.3 is 11.9 Å². The van der Waals surface area contributed by atoms with Crippen LogP contribution >= 0.6 is 0 Å². The van der Waals surface area contributed by atoms with Crippen molar-refractivity contribution < 1.29 is 32.6 Å². The Morgan fingerprint density at radius 2 is 1.68 bits per heavy atom. The summed E-state index contributed by atoms with van der Waals surface area (Å²) in [6, 6.07) is 7.45. The Bertz CT molecular complexity index is 810. The van der Waals surface area contributed by atoms with Crippen LogP contribution in [0.15, 0.2) is 42.5 Å². The minimum atomic E-state index is -1.19. The van der Waals surface area contributed by atoms with Crippen molar-refractivity contribution in [2.75, 3.05) is 14.2 Å². The summed E-state index contributed by atoms with van der Waals surface area (Å²) in [5.41, 5.74) is -0.224. The number of rotatable bonds is 5. The Morgan fingerprint density at radius 3 is 2.28 bits per heavy atom. The third-order valence-electron chi connectivity index (χ3n) is 3.17. The first-order valence-corrected chi connectivity index (χ1v) is 7.06. The predicted octanol–water partition coefficient (Wildman–Crippen LogP) is 3.38. The summed E-state index contributed by atoms with van der Waals surface area (Å²) in [5.74, 6) is -3.65. The molecule has 25 heavy (non-hydrogen) atoms. The molecule has 0 unspecified atom stereocenters. The number of ether oxygens (including phenoxy) is 3. The van der Waals surface area contributed by atoms with Gasteiger partial charge in [-0.25, -0.2) is 18.4 Å². The summed E-state index contributed by atoms with van der Waals surface area (Å²) in [7, 11) is 2.59. The van der Waals surface area contributed by atoms with Gasteiger partial charge in [0.25, 0.3) is 0 Å². The third-order valence-corrected chi connectivity index (χ3v) is 3.17. The van der Waals surface area contributed by atoms with Gasteiger partial charge in [-0.05, 0) is 35.9 Å². The van der Waals surface area contributed by atoms with E-state index in [0.29, 0.717) is 5.56 Å². The van der Waals surface area contributed by atoms with Crippen LogP contribution in [0.2, 0.25) is 0 Å². The Hall–Kier alpha value is -3.22. The van der Waals surface area contributed by atoms with Gasteiger partial charge in [0.1, 0.15) is 17.2 Å². The molecule has 0 aromatic heterocycles. The minimum absolute atomic E-state index is 0.0228. The zero-order valence-electron chi connectivity index (χ0n) is 13.4. The number of hydrogen-bond donors (Lipinski definition) is 0. The first-order valence-electron chi connectivity index (χ1n) is 7.06.